The van der Waals surface area contributed by atoms with Crippen molar-refractivity contribution in [3.8, 4) is 11.5 Å². The molecule has 1 rings (SSSR count). The number of anilines is 1. The molecule has 0 fully saturated rings. The molecule has 0 amide bonds. The van der Waals surface area contributed by atoms with Crippen molar-refractivity contribution in [1.29, 1.82) is 0 Å². The number of methoxy groups -OCH3 is 2. The SMILES string of the molecule is CCCCCCCCNc1cc(OC)ccc1OC. The van der Waals surface area contributed by atoms with Gasteiger partial charge < -0.3 is 14.8 Å². The maximum Gasteiger partial charge on any atom is 0.142 e. The van der Waals surface area contributed by atoms with Gasteiger partial charge >= 0.3 is 0 Å². The molecular formula is C16H27NO2. The largest absolute Gasteiger partial charge is 0.497 e. The highest BCUT2D eigenvalue weighted by Gasteiger charge is 2.03. The van der Waals surface area contributed by atoms with E-state index in [9.17, 15) is 0 Å². The first-order chi connectivity index (χ1) is 9.31. The summed E-state index contributed by atoms with van der Waals surface area (Å²) in [6, 6.07) is 5.83. The van der Waals surface area contributed by atoms with Crippen LogP contribution in [0.25, 0.3) is 0 Å². The van der Waals surface area contributed by atoms with Crippen LogP contribution in [0.3, 0.4) is 0 Å². The third-order valence-corrected chi connectivity index (χ3v) is 3.25. The van der Waals surface area contributed by atoms with Crippen molar-refractivity contribution in [3.63, 3.8) is 0 Å². The topological polar surface area (TPSA) is 30.5 Å². The fraction of sp³-hybridized carbons (Fsp3) is 0.625. The lowest BCUT2D eigenvalue weighted by atomic mass is 10.1. The number of rotatable bonds is 10. The third kappa shape index (κ3) is 5.86. The van der Waals surface area contributed by atoms with E-state index in [0.29, 0.717) is 0 Å². The number of hydrogen-bond donors (Lipinski definition) is 1. The van der Waals surface area contributed by atoms with E-state index in [0.717, 1.165) is 23.7 Å². The van der Waals surface area contributed by atoms with Gasteiger partial charge in [0.15, 0.2) is 0 Å². The molecule has 0 heterocycles. The van der Waals surface area contributed by atoms with Crippen LogP contribution in [-0.2, 0) is 0 Å². The minimum atomic E-state index is 0.853. The first kappa shape index (κ1) is 15.7. The zero-order chi connectivity index (χ0) is 13.9. The second-order valence-electron chi connectivity index (χ2n) is 4.76. The summed E-state index contributed by atoms with van der Waals surface area (Å²) in [6.45, 7) is 3.23. The Morgan fingerprint density at radius 2 is 1.68 bits per heavy atom. The van der Waals surface area contributed by atoms with E-state index < -0.39 is 0 Å². The normalized spacial score (nSPS) is 10.3. The molecule has 0 aromatic heterocycles. The highest BCUT2D eigenvalue weighted by Crippen LogP contribution is 2.28. The molecule has 0 aliphatic rings. The Bertz CT molecular complexity index is 353. The Morgan fingerprint density at radius 1 is 0.947 bits per heavy atom. The predicted molar refractivity (Wildman–Crippen MR) is 81.4 cm³/mol. The van der Waals surface area contributed by atoms with Crippen LogP contribution < -0.4 is 14.8 Å². The van der Waals surface area contributed by atoms with Crippen LogP contribution in [0.2, 0.25) is 0 Å². The second-order valence-corrected chi connectivity index (χ2v) is 4.76. The van der Waals surface area contributed by atoms with Gasteiger partial charge in [0, 0.05) is 12.6 Å². The van der Waals surface area contributed by atoms with E-state index in [4.69, 9.17) is 9.47 Å². The summed E-state index contributed by atoms with van der Waals surface area (Å²) in [5.74, 6) is 1.72. The fourth-order valence-electron chi connectivity index (χ4n) is 2.08. The third-order valence-electron chi connectivity index (χ3n) is 3.25. The summed E-state index contributed by atoms with van der Waals surface area (Å²) in [5.41, 5.74) is 1.01. The molecule has 1 aromatic rings. The van der Waals surface area contributed by atoms with Gasteiger partial charge in [-0.25, -0.2) is 0 Å². The maximum absolute atomic E-state index is 5.34. The van der Waals surface area contributed by atoms with Crippen LogP contribution >= 0.6 is 0 Å². The van der Waals surface area contributed by atoms with Crippen molar-refractivity contribution in [2.45, 2.75) is 45.4 Å². The van der Waals surface area contributed by atoms with Gasteiger partial charge in [-0.15, -0.1) is 0 Å². The van der Waals surface area contributed by atoms with Crippen molar-refractivity contribution in [1.82, 2.24) is 0 Å². The van der Waals surface area contributed by atoms with E-state index in [1.807, 2.05) is 18.2 Å². The van der Waals surface area contributed by atoms with Crippen molar-refractivity contribution < 1.29 is 9.47 Å². The molecule has 0 atom stereocenters. The summed E-state index contributed by atoms with van der Waals surface area (Å²) in [5, 5.41) is 3.42. The molecular weight excluding hydrogens is 238 g/mol. The molecule has 1 aromatic carbocycles. The van der Waals surface area contributed by atoms with Gasteiger partial charge in [-0.3, -0.25) is 0 Å². The van der Waals surface area contributed by atoms with Crippen LogP contribution in [0.15, 0.2) is 18.2 Å². The Labute approximate surface area is 117 Å². The van der Waals surface area contributed by atoms with Crippen molar-refractivity contribution in [2.75, 3.05) is 26.1 Å². The summed E-state index contributed by atoms with van der Waals surface area (Å²) < 4.78 is 10.6. The minimum Gasteiger partial charge on any atom is -0.497 e. The van der Waals surface area contributed by atoms with Gasteiger partial charge in [0.05, 0.1) is 19.9 Å². The average molecular weight is 265 g/mol. The molecule has 0 saturated heterocycles. The van der Waals surface area contributed by atoms with E-state index in [1.165, 1.54) is 38.5 Å². The van der Waals surface area contributed by atoms with Gasteiger partial charge in [0.1, 0.15) is 11.5 Å². The zero-order valence-electron chi connectivity index (χ0n) is 12.5. The van der Waals surface area contributed by atoms with Gasteiger partial charge in [-0.1, -0.05) is 39.0 Å². The smallest absolute Gasteiger partial charge is 0.142 e. The van der Waals surface area contributed by atoms with E-state index >= 15 is 0 Å². The molecule has 1 N–H and O–H groups in total. The molecule has 3 heteroatoms. The van der Waals surface area contributed by atoms with Crippen LogP contribution in [0.1, 0.15) is 45.4 Å². The number of hydrogen-bond acceptors (Lipinski definition) is 3. The Kier molecular flexibility index (Phi) is 7.87. The Balaban J connectivity index is 2.31. The standard InChI is InChI=1S/C16H27NO2/c1-4-5-6-7-8-9-12-17-15-13-14(18-2)10-11-16(15)19-3/h10-11,13,17H,4-9,12H2,1-3H3. The molecule has 0 radical (unpaired) electrons. The van der Waals surface area contributed by atoms with Gasteiger partial charge in [-0.05, 0) is 18.6 Å². The quantitative estimate of drug-likeness (QED) is 0.633. The van der Waals surface area contributed by atoms with E-state index in [2.05, 4.69) is 12.2 Å². The minimum absolute atomic E-state index is 0.853. The van der Waals surface area contributed by atoms with Crippen molar-refractivity contribution >= 4 is 5.69 Å². The zero-order valence-corrected chi connectivity index (χ0v) is 12.5. The van der Waals surface area contributed by atoms with Crippen molar-refractivity contribution in [3.05, 3.63) is 18.2 Å². The first-order valence-corrected chi connectivity index (χ1v) is 7.27. The second kappa shape index (κ2) is 9.54. The molecule has 3 nitrogen and oxygen atoms in total. The van der Waals surface area contributed by atoms with Crippen molar-refractivity contribution in [2.24, 2.45) is 0 Å². The van der Waals surface area contributed by atoms with Crippen LogP contribution in [0.5, 0.6) is 11.5 Å². The average Bonchev–Trinajstić information content (AvgIpc) is 2.46. The molecule has 0 unspecified atom stereocenters. The number of benzene rings is 1. The molecule has 19 heavy (non-hydrogen) atoms. The predicted octanol–water partition coefficient (Wildman–Crippen LogP) is 4.48. The fourth-order valence-corrected chi connectivity index (χ4v) is 2.08. The monoisotopic (exact) mass is 265 g/mol. The lowest BCUT2D eigenvalue weighted by Gasteiger charge is -2.12. The summed E-state index contributed by atoms with van der Waals surface area (Å²) in [4.78, 5) is 0. The Morgan fingerprint density at radius 3 is 2.37 bits per heavy atom. The van der Waals surface area contributed by atoms with E-state index in [1.54, 1.807) is 14.2 Å². The van der Waals surface area contributed by atoms with Crippen LogP contribution in [-0.4, -0.2) is 20.8 Å². The van der Waals surface area contributed by atoms with Crippen LogP contribution in [0.4, 0.5) is 5.69 Å². The number of nitrogens with one attached hydrogen (secondary N) is 1. The number of unbranched alkanes of at least 4 members (excludes halogenated alkanes) is 5. The Hall–Kier alpha value is -1.38. The molecule has 108 valence electrons. The highest BCUT2D eigenvalue weighted by atomic mass is 16.5. The maximum atomic E-state index is 5.34. The van der Waals surface area contributed by atoms with Crippen LogP contribution in [0, 0.1) is 0 Å². The molecule has 0 spiro atoms. The lowest BCUT2D eigenvalue weighted by molar-refractivity contribution is 0.404. The summed E-state index contributed by atoms with van der Waals surface area (Å²) in [7, 11) is 3.37. The molecule has 0 saturated carbocycles. The lowest BCUT2D eigenvalue weighted by Crippen LogP contribution is -2.03. The first-order valence-electron chi connectivity index (χ1n) is 7.27. The molecule has 0 aliphatic carbocycles. The van der Waals surface area contributed by atoms with Gasteiger partial charge in [0.2, 0.25) is 0 Å². The number of ether oxygens (including phenoxy) is 2. The molecule has 0 bridgehead atoms. The summed E-state index contributed by atoms with van der Waals surface area (Å²) >= 11 is 0. The van der Waals surface area contributed by atoms with E-state index in [-0.39, 0.29) is 0 Å². The summed E-state index contributed by atoms with van der Waals surface area (Å²) in [6.07, 6.45) is 7.85. The highest BCUT2D eigenvalue weighted by molar-refractivity contribution is 5.59. The van der Waals surface area contributed by atoms with Gasteiger partial charge in [0.25, 0.3) is 0 Å². The van der Waals surface area contributed by atoms with Gasteiger partial charge in [-0.2, -0.15) is 0 Å². The molecule has 0 aliphatic heterocycles.